The maximum atomic E-state index is 12.6. The molecule has 1 aromatic carbocycles. The molecular weight excluding hydrogens is 373 g/mol. The largest absolute Gasteiger partial charge is 0.471 e. The Morgan fingerprint density at radius 3 is 2.75 bits per heavy atom. The highest BCUT2D eigenvalue weighted by atomic mass is 19.4. The van der Waals surface area contributed by atoms with Gasteiger partial charge in [-0.15, -0.1) is 0 Å². The fourth-order valence-electron chi connectivity index (χ4n) is 3.47. The van der Waals surface area contributed by atoms with E-state index in [1.807, 2.05) is 6.92 Å². The van der Waals surface area contributed by atoms with E-state index in [9.17, 15) is 18.0 Å². The van der Waals surface area contributed by atoms with Gasteiger partial charge in [0.1, 0.15) is 0 Å². The van der Waals surface area contributed by atoms with Gasteiger partial charge in [0.05, 0.1) is 0 Å². The monoisotopic (exact) mass is 396 g/mol. The average molecular weight is 396 g/mol. The molecule has 1 unspecified atom stereocenters. The van der Waals surface area contributed by atoms with E-state index < -0.39 is 12.1 Å². The fraction of sp³-hybridized carbons (Fsp3) is 0.526. The number of alkyl halides is 3. The number of hydrogen-bond acceptors (Lipinski definition) is 5. The molecule has 6 nitrogen and oxygen atoms in total. The second-order valence-electron chi connectivity index (χ2n) is 7.31. The second-order valence-corrected chi connectivity index (χ2v) is 7.31. The summed E-state index contributed by atoms with van der Waals surface area (Å²) in [4.78, 5) is 18.3. The number of carbonyl (C=O) groups excluding carboxylic acids is 1. The van der Waals surface area contributed by atoms with Crippen LogP contribution in [0.5, 0.6) is 0 Å². The SMILES string of the molecule is Cc1cc(C(=O)NC(C)CN2CCC[C@@H]2C)ccc1-c1noc(C(F)(F)F)n1. The van der Waals surface area contributed by atoms with Crippen LogP contribution >= 0.6 is 0 Å². The molecule has 9 heteroatoms. The van der Waals surface area contributed by atoms with Crippen molar-refractivity contribution in [3.05, 3.63) is 35.2 Å². The van der Waals surface area contributed by atoms with Crippen LogP contribution in [0.3, 0.4) is 0 Å². The van der Waals surface area contributed by atoms with Gasteiger partial charge in [0.15, 0.2) is 0 Å². The lowest BCUT2D eigenvalue weighted by Crippen LogP contribution is -2.43. The van der Waals surface area contributed by atoms with E-state index in [0.29, 0.717) is 22.7 Å². The number of rotatable bonds is 5. The number of nitrogens with zero attached hydrogens (tertiary/aromatic N) is 3. The quantitative estimate of drug-likeness (QED) is 0.835. The maximum absolute atomic E-state index is 12.6. The highest BCUT2D eigenvalue weighted by Crippen LogP contribution is 2.30. The number of hydrogen-bond donors (Lipinski definition) is 1. The number of carbonyl (C=O) groups is 1. The number of amides is 1. The van der Waals surface area contributed by atoms with Crippen LogP contribution in [0.25, 0.3) is 11.4 Å². The zero-order valence-electron chi connectivity index (χ0n) is 16.0. The summed E-state index contributed by atoms with van der Waals surface area (Å²) in [7, 11) is 0. The van der Waals surface area contributed by atoms with Gasteiger partial charge in [-0.05, 0) is 57.9 Å². The Hall–Kier alpha value is -2.42. The summed E-state index contributed by atoms with van der Waals surface area (Å²) >= 11 is 0. The summed E-state index contributed by atoms with van der Waals surface area (Å²) in [6.45, 7) is 7.66. The zero-order valence-corrected chi connectivity index (χ0v) is 16.0. The molecule has 2 atom stereocenters. The number of aromatic nitrogens is 2. The summed E-state index contributed by atoms with van der Waals surface area (Å²) in [6, 6.07) is 5.20. The first-order valence-corrected chi connectivity index (χ1v) is 9.22. The van der Waals surface area contributed by atoms with Crippen molar-refractivity contribution >= 4 is 5.91 Å². The molecule has 0 radical (unpaired) electrons. The Kier molecular flexibility index (Phi) is 5.74. The standard InChI is InChI=1S/C19H23F3N4O2/c1-11-9-14(17(27)23-12(2)10-26-8-4-5-13(26)3)6-7-15(11)16-24-18(28-25-16)19(20,21)22/h6-7,9,12-13H,4-5,8,10H2,1-3H3,(H,23,27)/t12?,13-/m0/s1. The molecule has 1 amide bonds. The van der Waals surface area contributed by atoms with Crippen molar-refractivity contribution in [1.29, 1.82) is 0 Å². The summed E-state index contributed by atoms with van der Waals surface area (Å²) in [5, 5.41) is 6.36. The van der Waals surface area contributed by atoms with Gasteiger partial charge in [-0.25, -0.2) is 0 Å². The summed E-state index contributed by atoms with van der Waals surface area (Å²) in [6.07, 6.45) is -2.34. The highest BCUT2D eigenvalue weighted by molar-refractivity contribution is 5.95. The third-order valence-electron chi connectivity index (χ3n) is 4.97. The van der Waals surface area contributed by atoms with E-state index in [0.717, 1.165) is 13.1 Å². The molecule has 0 aliphatic carbocycles. The van der Waals surface area contributed by atoms with E-state index in [4.69, 9.17) is 0 Å². The Morgan fingerprint density at radius 2 is 2.18 bits per heavy atom. The zero-order chi connectivity index (χ0) is 20.5. The van der Waals surface area contributed by atoms with Crippen molar-refractivity contribution in [2.24, 2.45) is 0 Å². The van der Waals surface area contributed by atoms with E-state index in [2.05, 4.69) is 31.8 Å². The van der Waals surface area contributed by atoms with Crippen LogP contribution in [0.1, 0.15) is 48.5 Å². The van der Waals surface area contributed by atoms with Gasteiger partial charge in [0.2, 0.25) is 5.82 Å². The predicted molar refractivity (Wildman–Crippen MR) is 96.7 cm³/mol. The number of likely N-dealkylation sites (tertiary alicyclic amines) is 1. The van der Waals surface area contributed by atoms with Gasteiger partial charge in [0.25, 0.3) is 5.91 Å². The number of nitrogens with one attached hydrogen (secondary N) is 1. The first-order chi connectivity index (χ1) is 13.1. The smallest absolute Gasteiger partial charge is 0.348 e. The van der Waals surface area contributed by atoms with Crippen LogP contribution in [-0.4, -0.2) is 46.1 Å². The van der Waals surface area contributed by atoms with Crippen molar-refractivity contribution < 1.29 is 22.5 Å². The van der Waals surface area contributed by atoms with Crippen LogP contribution in [0.2, 0.25) is 0 Å². The third kappa shape index (κ3) is 4.52. The van der Waals surface area contributed by atoms with Crippen molar-refractivity contribution in [3.63, 3.8) is 0 Å². The molecule has 1 aromatic heterocycles. The molecule has 2 heterocycles. The fourth-order valence-corrected chi connectivity index (χ4v) is 3.47. The third-order valence-corrected chi connectivity index (χ3v) is 4.97. The van der Waals surface area contributed by atoms with E-state index in [1.165, 1.54) is 18.9 Å². The molecule has 0 bridgehead atoms. The number of halogens is 3. The van der Waals surface area contributed by atoms with Crippen LogP contribution in [0.4, 0.5) is 13.2 Å². The number of aryl methyl sites for hydroxylation is 1. The molecule has 2 aromatic rings. The van der Waals surface area contributed by atoms with Crippen molar-refractivity contribution in [2.75, 3.05) is 13.1 Å². The van der Waals surface area contributed by atoms with Gasteiger partial charge in [0, 0.05) is 29.8 Å². The average Bonchev–Trinajstić information content (AvgIpc) is 3.24. The maximum Gasteiger partial charge on any atom is 0.471 e. The Balaban J connectivity index is 1.67. The normalized spacial score (nSPS) is 19.0. The molecule has 1 saturated heterocycles. The topological polar surface area (TPSA) is 71.3 Å². The molecule has 1 aliphatic heterocycles. The lowest BCUT2D eigenvalue weighted by atomic mass is 10.0. The highest BCUT2D eigenvalue weighted by Gasteiger charge is 2.38. The minimum atomic E-state index is -4.69. The summed E-state index contributed by atoms with van der Waals surface area (Å²) in [5.41, 5.74) is 1.40. The van der Waals surface area contributed by atoms with Crippen LogP contribution in [0.15, 0.2) is 22.7 Å². The van der Waals surface area contributed by atoms with Gasteiger partial charge >= 0.3 is 12.1 Å². The van der Waals surface area contributed by atoms with E-state index in [1.54, 1.807) is 19.1 Å². The van der Waals surface area contributed by atoms with Gasteiger partial charge in [-0.2, -0.15) is 18.2 Å². The van der Waals surface area contributed by atoms with Crippen LogP contribution < -0.4 is 5.32 Å². The molecule has 1 fully saturated rings. The van der Waals surface area contributed by atoms with Crippen molar-refractivity contribution in [3.8, 4) is 11.4 Å². The minimum Gasteiger partial charge on any atom is -0.348 e. The molecule has 0 spiro atoms. The first-order valence-electron chi connectivity index (χ1n) is 9.22. The minimum absolute atomic E-state index is 0.0143. The predicted octanol–water partition coefficient (Wildman–Crippen LogP) is 3.67. The molecular formula is C19H23F3N4O2. The Bertz CT molecular complexity index is 850. The van der Waals surface area contributed by atoms with Gasteiger partial charge < -0.3 is 9.84 Å². The molecule has 0 saturated carbocycles. The molecule has 1 N–H and O–H groups in total. The first kappa shape index (κ1) is 20.3. The van der Waals surface area contributed by atoms with E-state index >= 15 is 0 Å². The Labute approximate surface area is 161 Å². The molecule has 3 rings (SSSR count). The van der Waals surface area contributed by atoms with Crippen molar-refractivity contribution in [2.45, 2.75) is 51.9 Å². The van der Waals surface area contributed by atoms with Crippen LogP contribution in [0, 0.1) is 6.92 Å². The van der Waals surface area contributed by atoms with Gasteiger partial charge in [-0.3, -0.25) is 9.69 Å². The van der Waals surface area contributed by atoms with Crippen LogP contribution in [-0.2, 0) is 6.18 Å². The lowest BCUT2D eigenvalue weighted by molar-refractivity contribution is -0.159. The van der Waals surface area contributed by atoms with Gasteiger partial charge in [-0.1, -0.05) is 11.2 Å². The second kappa shape index (κ2) is 7.90. The summed E-state index contributed by atoms with van der Waals surface area (Å²) < 4.78 is 42.1. The van der Waals surface area contributed by atoms with E-state index in [-0.39, 0.29) is 17.8 Å². The van der Waals surface area contributed by atoms with Crippen molar-refractivity contribution in [1.82, 2.24) is 20.4 Å². The molecule has 1 aliphatic rings. The number of benzene rings is 1. The Morgan fingerprint density at radius 1 is 1.43 bits per heavy atom. The lowest BCUT2D eigenvalue weighted by Gasteiger charge is -2.25. The molecule has 152 valence electrons. The summed E-state index contributed by atoms with van der Waals surface area (Å²) in [5.74, 6) is -1.78. The molecule has 28 heavy (non-hydrogen) atoms.